The first-order valence-corrected chi connectivity index (χ1v) is 7.63. The van der Waals surface area contributed by atoms with Crippen molar-refractivity contribution in [2.45, 2.75) is 25.9 Å². The molecule has 0 aliphatic heterocycles. The molecule has 0 bridgehead atoms. The van der Waals surface area contributed by atoms with Gasteiger partial charge in [-0.15, -0.1) is 11.3 Å². The van der Waals surface area contributed by atoms with Crippen LogP contribution in [0.25, 0.3) is 0 Å². The molecule has 2 aromatic rings. The number of alkyl halides is 3. The van der Waals surface area contributed by atoms with Crippen LogP contribution in [-0.4, -0.2) is 17.4 Å². The maximum absolute atomic E-state index is 13.0. The lowest BCUT2D eigenvalue weighted by molar-refractivity contribution is -0.138. The number of halogens is 4. The van der Waals surface area contributed by atoms with Crippen molar-refractivity contribution in [3.8, 4) is 0 Å². The summed E-state index contributed by atoms with van der Waals surface area (Å²) in [6.45, 7) is 3.79. The number of rotatable bonds is 4. The number of carbonyl (C=O) groups is 1. The third kappa shape index (κ3) is 4.28. The molecule has 0 aliphatic carbocycles. The van der Waals surface area contributed by atoms with E-state index in [0.29, 0.717) is 6.07 Å². The Bertz CT molecular complexity index is 712. The number of nitrogens with one attached hydrogen (secondary N) is 1. The van der Waals surface area contributed by atoms with Crippen molar-refractivity contribution >= 4 is 17.2 Å². The molecular weight excluding hydrogens is 332 g/mol. The van der Waals surface area contributed by atoms with E-state index in [2.05, 4.69) is 10.3 Å². The zero-order valence-electron chi connectivity index (χ0n) is 12.4. The summed E-state index contributed by atoms with van der Waals surface area (Å²) in [7, 11) is 0. The summed E-state index contributed by atoms with van der Waals surface area (Å²) < 4.78 is 51.7. The first-order chi connectivity index (χ1) is 10.7. The Morgan fingerprint density at radius 1 is 1.39 bits per heavy atom. The smallest absolute Gasteiger partial charge is 0.351 e. The average Bonchev–Trinajstić information content (AvgIpc) is 2.90. The topological polar surface area (TPSA) is 42.0 Å². The number of amides is 1. The van der Waals surface area contributed by atoms with Gasteiger partial charge in [0.2, 0.25) is 0 Å². The Balaban J connectivity index is 2.12. The Morgan fingerprint density at radius 2 is 2.09 bits per heavy atom. The second-order valence-electron chi connectivity index (χ2n) is 5.13. The molecule has 1 atom stereocenters. The van der Waals surface area contributed by atoms with E-state index < -0.39 is 29.0 Å². The highest BCUT2D eigenvalue weighted by Gasteiger charge is 2.35. The summed E-state index contributed by atoms with van der Waals surface area (Å²) >= 11 is 1.42. The lowest BCUT2D eigenvalue weighted by Gasteiger charge is -2.14. The molecule has 1 aromatic heterocycles. The standard InChI is InChI=1S/C15H14F4N2OS/c1-8(14-21-9(2)7-23-14)6-20-13(22)11-4-3-10(16)5-12(11)15(17,18)19/h3-5,7-8H,6H2,1-2H3,(H,20,22)/t8-/m1/s1. The summed E-state index contributed by atoms with van der Waals surface area (Å²) in [6.07, 6.45) is -4.80. The van der Waals surface area contributed by atoms with Crippen molar-refractivity contribution in [2.75, 3.05) is 6.54 Å². The normalized spacial score (nSPS) is 13.0. The van der Waals surface area contributed by atoms with Crippen molar-refractivity contribution in [1.82, 2.24) is 10.3 Å². The second-order valence-corrected chi connectivity index (χ2v) is 6.02. The monoisotopic (exact) mass is 346 g/mol. The van der Waals surface area contributed by atoms with Gasteiger partial charge in [0.1, 0.15) is 5.82 Å². The molecule has 23 heavy (non-hydrogen) atoms. The molecule has 3 nitrogen and oxygen atoms in total. The molecule has 0 radical (unpaired) electrons. The van der Waals surface area contributed by atoms with Crippen molar-refractivity contribution in [3.63, 3.8) is 0 Å². The van der Waals surface area contributed by atoms with Crippen LogP contribution in [0.3, 0.4) is 0 Å². The molecular formula is C15H14F4N2OS. The van der Waals surface area contributed by atoms with Crippen LogP contribution in [0.4, 0.5) is 17.6 Å². The molecule has 0 unspecified atom stereocenters. The zero-order chi connectivity index (χ0) is 17.2. The minimum Gasteiger partial charge on any atom is -0.351 e. The quantitative estimate of drug-likeness (QED) is 0.846. The molecule has 1 heterocycles. The average molecular weight is 346 g/mol. The van der Waals surface area contributed by atoms with Crippen LogP contribution in [0.1, 0.15) is 39.5 Å². The maximum Gasteiger partial charge on any atom is 0.417 e. The van der Waals surface area contributed by atoms with Crippen molar-refractivity contribution in [1.29, 1.82) is 0 Å². The van der Waals surface area contributed by atoms with Crippen LogP contribution in [0, 0.1) is 12.7 Å². The van der Waals surface area contributed by atoms with Crippen molar-refractivity contribution in [3.05, 3.63) is 51.2 Å². The molecule has 1 N–H and O–H groups in total. The van der Waals surface area contributed by atoms with Gasteiger partial charge < -0.3 is 5.32 Å². The molecule has 0 saturated heterocycles. The summed E-state index contributed by atoms with van der Waals surface area (Å²) in [4.78, 5) is 16.3. The molecule has 0 spiro atoms. The number of thiazole rings is 1. The fourth-order valence-electron chi connectivity index (χ4n) is 1.98. The van der Waals surface area contributed by atoms with E-state index in [9.17, 15) is 22.4 Å². The zero-order valence-corrected chi connectivity index (χ0v) is 13.2. The number of carbonyl (C=O) groups excluding carboxylic acids is 1. The lowest BCUT2D eigenvalue weighted by Crippen LogP contribution is -2.29. The summed E-state index contributed by atoms with van der Waals surface area (Å²) in [5.41, 5.74) is -1.03. The minimum absolute atomic E-state index is 0.132. The van der Waals surface area contributed by atoms with Crippen LogP contribution < -0.4 is 5.32 Å². The first-order valence-electron chi connectivity index (χ1n) is 6.75. The summed E-state index contributed by atoms with van der Waals surface area (Å²) in [5.74, 6) is -2.06. The van der Waals surface area contributed by atoms with Crippen molar-refractivity contribution < 1.29 is 22.4 Å². The van der Waals surface area contributed by atoms with Crippen LogP contribution in [-0.2, 0) is 6.18 Å². The van der Waals surface area contributed by atoms with Gasteiger partial charge in [-0.3, -0.25) is 4.79 Å². The number of nitrogens with zero attached hydrogens (tertiary/aromatic N) is 1. The first kappa shape index (κ1) is 17.4. The van der Waals surface area contributed by atoms with Gasteiger partial charge >= 0.3 is 6.18 Å². The minimum atomic E-state index is -4.80. The van der Waals surface area contributed by atoms with Crippen LogP contribution >= 0.6 is 11.3 Å². The van der Waals surface area contributed by atoms with Gasteiger partial charge in [0.05, 0.1) is 16.1 Å². The molecule has 8 heteroatoms. The highest BCUT2D eigenvalue weighted by atomic mass is 32.1. The van der Waals surface area contributed by atoms with Crippen molar-refractivity contribution in [2.24, 2.45) is 0 Å². The number of benzene rings is 1. The van der Waals surface area contributed by atoms with E-state index in [-0.39, 0.29) is 12.5 Å². The third-order valence-corrected chi connectivity index (χ3v) is 4.35. The highest BCUT2D eigenvalue weighted by Crippen LogP contribution is 2.32. The molecule has 2 rings (SSSR count). The number of hydrogen-bond donors (Lipinski definition) is 1. The molecule has 0 saturated carbocycles. The van der Waals surface area contributed by atoms with Crippen LogP contribution in [0.2, 0.25) is 0 Å². The Kier molecular flexibility index (Phi) is 5.03. The Morgan fingerprint density at radius 3 is 2.65 bits per heavy atom. The SMILES string of the molecule is Cc1csc([C@H](C)CNC(=O)c2ccc(F)cc2C(F)(F)F)n1. The number of hydrogen-bond acceptors (Lipinski definition) is 3. The van der Waals surface area contributed by atoms with E-state index in [0.717, 1.165) is 22.8 Å². The molecule has 0 fully saturated rings. The molecule has 0 aliphatic rings. The highest BCUT2D eigenvalue weighted by molar-refractivity contribution is 7.09. The van der Waals surface area contributed by atoms with Gasteiger partial charge in [-0.1, -0.05) is 6.92 Å². The van der Waals surface area contributed by atoms with Gasteiger partial charge in [-0.25, -0.2) is 9.37 Å². The van der Waals surface area contributed by atoms with Gasteiger partial charge in [0.25, 0.3) is 5.91 Å². The molecule has 1 aromatic carbocycles. The Hall–Kier alpha value is -1.96. The van der Waals surface area contributed by atoms with Crippen LogP contribution in [0.5, 0.6) is 0 Å². The van der Waals surface area contributed by atoms with Gasteiger partial charge in [0, 0.05) is 23.5 Å². The predicted molar refractivity (Wildman–Crippen MR) is 79.0 cm³/mol. The van der Waals surface area contributed by atoms with E-state index in [4.69, 9.17) is 0 Å². The van der Waals surface area contributed by atoms with Gasteiger partial charge in [-0.05, 0) is 25.1 Å². The van der Waals surface area contributed by atoms with Crippen LogP contribution in [0.15, 0.2) is 23.6 Å². The van der Waals surface area contributed by atoms with Gasteiger partial charge in [0.15, 0.2) is 0 Å². The van der Waals surface area contributed by atoms with E-state index in [1.807, 2.05) is 19.2 Å². The van der Waals surface area contributed by atoms with E-state index >= 15 is 0 Å². The molecule has 124 valence electrons. The summed E-state index contributed by atoms with van der Waals surface area (Å²) in [6, 6.07) is 1.99. The second kappa shape index (κ2) is 6.66. The molecule has 1 amide bonds. The Labute approximate surface area is 134 Å². The lowest BCUT2D eigenvalue weighted by atomic mass is 10.1. The predicted octanol–water partition coefficient (Wildman–Crippen LogP) is 4.14. The van der Waals surface area contributed by atoms with E-state index in [1.54, 1.807) is 0 Å². The number of aromatic nitrogens is 1. The fraction of sp³-hybridized carbons (Fsp3) is 0.333. The fourth-order valence-corrected chi connectivity index (χ4v) is 2.83. The van der Waals surface area contributed by atoms with Gasteiger partial charge in [-0.2, -0.15) is 13.2 Å². The third-order valence-electron chi connectivity index (χ3n) is 3.16. The summed E-state index contributed by atoms with van der Waals surface area (Å²) in [5, 5.41) is 5.09. The van der Waals surface area contributed by atoms with E-state index in [1.165, 1.54) is 11.3 Å². The largest absolute Gasteiger partial charge is 0.417 e. The maximum atomic E-state index is 13.0. The number of aryl methyl sites for hydroxylation is 1.